The van der Waals surface area contributed by atoms with Gasteiger partial charge in [-0.25, -0.2) is 13.6 Å². The third kappa shape index (κ3) is 3.01. The fraction of sp³-hybridized carbons (Fsp3) is 0.579. The summed E-state index contributed by atoms with van der Waals surface area (Å²) in [5, 5.41) is 9.34. The van der Waals surface area contributed by atoms with Crippen LogP contribution in [-0.4, -0.2) is 53.7 Å². The lowest BCUT2D eigenvalue weighted by atomic mass is 9.99. The van der Waals surface area contributed by atoms with Gasteiger partial charge in [-0.15, -0.1) is 0 Å². The van der Waals surface area contributed by atoms with Gasteiger partial charge < -0.3 is 20.5 Å². The summed E-state index contributed by atoms with van der Waals surface area (Å²) in [6.45, 7) is 1.02. The molecular weight excluding hydrogens is 386 g/mol. The molecule has 1 saturated carbocycles. The lowest BCUT2D eigenvalue weighted by Crippen LogP contribution is -2.39. The summed E-state index contributed by atoms with van der Waals surface area (Å²) in [6, 6.07) is -0.880. The molecule has 10 heteroatoms. The van der Waals surface area contributed by atoms with Crippen molar-refractivity contribution in [3.63, 3.8) is 0 Å². The van der Waals surface area contributed by atoms with Crippen LogP contribution in [0, 0.1) is 18.7 Å². The number of alkyl halides is 1. The highest BCUT2D eigenvalue weighted by Crippen LogP contribution is 2.45. The second-order valence-corrected chi connectivity index (χ2v) is 7.84. The van der Waals surface area contributed by atoms with Crippen molar-refractivity contribution in [2.45, 2.75) is 38.0 Å². The predicted octanol–water partition coefficient (Wildman–Crippen LogP) is 0.575. The lowest BCUT2D eigenvalue weighted by Gasteiger charge is -2.25. The largest absolute Gasteiger partial charge is 0.492 e. The van der Waals surface area contributed by atoms with Gasteiger partial charge in [-0.05, 0) is 19.8 Å². The first-order valence-corrected chi connectivity index (χ1v) is 9.60. The summed E-state index contributed by atoms with van der Waals surface area (Å²) in [6.07, 6.45) is 0.168. The van der Waals surface area contributed by atoms with E-state index < -0.39 is 35.2 Å². The molecule has 1 aliphatic carbocycles. The van der Waals surface area contributed by atoms with E-state index in [-0.39, 0.29) is 53.6 Å². The van der Waals surface area contributed by atoms with Crippen molar-refractivity contribution >= 4 is 16.6 Å². The van der Waals surface area contributed by atoms with Crippen molar-refractivity contribution in [3.05, 3.63) is 32.2 Å². The average molecular weight is 410 g/mol. The number of aliphatic hydroxyl groups is 1. The Labute approximate surface area is 164 Å². The van der Waals surface area contributed by atoms with Gasteiger partial charge in [-0.1, -0.05) is 0 Å². The fourth-order valence-electron chi connectivity index (χ4n) is 4.29. The average Bonchev–Trinajstić information content (AvgIpc) is 3.44. The molecule has 3 atom stereocenters. The summed E-state index contributed by atoms with van der Waals surface area (Å²) in [4.78, 5) is 28.7. The van der Waals surface area contributed by atoms with Gasteiger partial charge in [0.15, 0.2) is 11.6 Å². The minimum Gasteiger partial charge on any atom is -0.492 e. The summed E-state index contributed by atoms with van der Waals surface area (Å²) in [5.41, 5.74) is 4.85. The van der Waals surface area contributed by atoms with E-state index in [0.717, 1.165) is 12.8 Å². The summed E-state index contributed by atoms with van der Waals surface area (Å²) >= 11 is 0. The standard InChI is InChI=1S/C19H24F2N4O4/c1-8-13-15(25(9-3-4-9)19(28)23-18(13)27)17(29-2)16(14(8)21)24-5-10(11(20)6-24)12(22)7-26/h9-12,26H,3-7,22H2,1-2H3,(H,23,27,28). The molecule has 0 spiro atoms. The van der Waals surface area contributed by atoms with Crippen molar-refractivity contribution in [2.24, 2.45) is 11.7 Å². The molecule has 0 bridgehead atoms. The lowest BCUT2D eigenvalue weighted by molar-refractivity contribution is 0.184. The zero-order chi connectivity index (χ0) is 21.0. The van der Waals surface area contributed by atoms with E-state index in [1.165, 1.54) is 23.5 Å². The number of hydrogen-bond acceptors (Lipinski definition) is 6. The number of nitrogens with zero attached hydrogens (tertiary/aromatic N) is 2. The Morgan fingerprint density at radius 1 is 1.34 bits per heavy atom. The maximum Gasteiger partial charge on any atom is 0.329 e. The van der Waals surface area contributed by atoms with Crippen molar-refractivity contribution < 1.29 is 18.6 Å². The quantitative estimate of drug-likeness (QED) is 0.664. The highest BCUT2D eigenvalue weighted by molar-refractivity contribution is 5.93. The fourth-order valence-corrected chi connectivity index (χ4v) is 4.29. The molecule has 1 aromatic carbocycles. The number of halogens is 2. The van der Waals surface area contributed by atoms with Crippen LogP contribution in [0.15, 0.2) is 9.59 Å². The number of aliphatic hydroxyl groups excluding tert-OH is 1. The molecule has 4 rings (SSSR count). The number of nitrogens with two attached hydrogens (primary N) is 1. The zero-order valence-corrected chi connectivity index (χ0v) is 16.2. The number of H-pyrrole nitrogens is 1. The first kappa shape index (κ1) is 19.8. The number of aryl methyl sites for hydroxylation is 1. The molecule has 158 valence electrons. The zero-order valence-electron chi connectivity index (χ0n) is 16.2. The number of benzene rings is 1. The third-order valence-corrected chi connectivity index (χ3v) is 5.97. The summed E-state index contributed by atoms with van der Waals surface area (Å²) in [7, 11) is 1.33. The van der Waals surface area contributed by atoms with Crippen LogP contribution in [-0.2, 0) is 0 Å². The Morgan fingerprint density at radius 3 is 2.62 bits per heavy atom. The molecule has 8 nitrogen and oxygen atoms in total. The normalized spacial score (nSPS) is 23.0. The van der Waals surface area contributed by atoms with E-state index in [0.29, 0.717) is 0 Å². The van der Waals surface area contributed by atoms with Crippen LogP contribution in [0.2, 0.25) is 0 Å². The van der Waals surface area contributed by atoms with Crippen LogP contribution < -0.4 is 26.6 Å². The van der Waals surface area contributed by atoms with Crippen molar-refractivity contribution in [1.82, 2.24) is 9.55 Å². The van der Waals surface area contributed by atoms with E-state index in [2.05, 4.69) is 4.98 Å². The maximum absolute atomic E-state index is 15.4. The number of hydrogen-bond donors (Lipinski definition) is 3. The Balaban J connectivity index is 1.99. The Hall–Kier alpha value is -2.46. The molecule has 0 radical (unpaired) electrons. The minimum atomic E-state index is -1.36. The number of aromatic nitrogens is 2. The van der Waals surface area contributed by atoms with Crippen LogP contribution in [0.3, 0.4) is 0 Å². The Kier molecular flexibility index (Phi) is 4.86. The number of nitrogens with one attached hydrogen (secondary N) is 1. The molecule has 2 fully saturated rings. The van der Waals surface area contributed by atoms with E-state index in [9.17, 15) is 19.1 Å². The van der Waals surface area contributed by atoms with Gasteiger partial charge in [0.2, 0.25) is 0 Å². The number of methoxy groups -OCH3 is 1. The molecule has 2 heterocycles. The first-order valence-electron chi connectivity index (χ1n) is 9.60. The van der Waals surface area contributed by atoms with Gasteiger partial charge in [0.25, 0.3) is 5.56 Å². The Morgan fingerprint density at radius 2 is 2.03 bits per heavy atom. The van der Waals surface area contributed by atoms with Gasteiger partial charge in [-0.3, -0.25) is 14.3 Å². The molecule has 3 unspecified atom stereocenters. The van der Waals surface area contributed by atoms with Gasteiger partial charge in [0, 0.05) is 36.7 Å². The molecule has 1 aromatic heterocycles. The molecule has 0 amide bonds. The number of ether oxygens (including phenoxy) is 1. The van der Waals surface area contributed by atoms with Crippen LogP contribution in [0.4, 0.5) is 14.5 Å². The predicted molar refractivity (Wildman–Crippen MR) is 104 cm³/mol. The number of anilines is 1. The topological polar surface area (TPSA) is 114 Å². The van der Waals surface area contributed by atoms with E-state index in [1.807, 2.05) is 0 Å². The number of rotatable bonds is 5. The smallest absolute Gasteiger partial charge is 0.329 e. The molecule has 29 heavy (non-hydrogen) atoms. The van der Waals surface area contributed by atoms with Crippen molar-refractivity contribution in [1.29, 1.82) is 0 Å². The van der Waals surface area contributed by atoms with Crippen LogP contribution in [0.1, 0.15) is 24.4 Å². The molecule has 4 N–H and O–H groups in total. The van der Waals surface area contributed by atoms with Gasteiger partial charge in [0.05, 0.1) is 19.1 Å². The van der Waals surface area contributed by atoms with Crippen molar-refractivity contribution in [2.75, 3.05) is 31.7 Å². The Bertz CT molecular complexity index is 1080. The first-order chi connectivity index (χ1) is 13.8. The number of aromatic amines is 1. The van der Waals surface area contributed by atoms with Gasteiger partial charge >= 0.3 is 5.69 Å². The summed E-state index contributed by atoms with van der Waals surface area (Å²) in [5.74, 6) is -1.35. The van der Waals surface area contributed by atoms with E-state index in [4.69, 9.17) is 10.5 Å². The SMILES string of the molecule is COc1c(N2CC(F)C(C(N)CO)C2)c(F)c(C)c2c(=O)[nH]c(=O)n(C3CC3)c12. The second-order valence-electron chi connectivity index (χ2n) is 7.84. The van der Waals surface area contributed by atoms with Crippen molar-refractivity contribution in [3.8, 4) is 5.75 Å². The van der Waals surface area contributed by atoms with Crippen LogP contribution >= 0.6 is 0 Å². The monoisotopic (exact) mass is 410 g/mol. The second kappa shape index (κ2) is 7.10. The number of fused-ring (bicyclic) bond motifs is 1. The molecule has 1 aliphatic heterocycles. The van der Waals surface area contributed by atoms with Gasteiger partial charge in [0.1, 0.15) is 17.4 Å². The summed E-state index contributed by atoms with van der Waals surface area (Å²) < 4.78 is 36.9. The van der Waals surface area contributed by atoms with Crippen LogP contribution in [0.5, 0.6) is 5.75 Å². The highest BCUT2D eigenvalue weighted by Gasteiger charge is 2.40. The van der Waals surface area contributed by atoms with Crippen LogP contribution in [0.25, 0.3) is 10.9 Å². The minimum absolute atomic E-state index is 0.00666. The van der Waals surface area contributed by atoms with E-state index in [1.54, 1.807) is 0 Å². The molecule has 1 saturated heterocycles. The van der Waals surface area contributed by atoms with Gasteiger partial charge in [-0.2, -0.15) is 0 Å². The molecule has 2 aliphatic rings. The highest BCUT2D eigenvalue weighted by atomic mass is 19.1. The van der Waals surface area contributed by atoms with E-state index >= 15 is 4.39 Å². The molecular formula is C19H24F2N4O4. The third-order valence-electron chi connectivity index (χ3n) is 5.97. The molecule has 2 aromatic rings. The maximum atomic E-state index is 15.4.